The summed E-state index contributed by atoms with van der Waals surface area (Å²) in [6.45, 7) is 8.88. The Balaban J connectivity index is 1.90. The molecule has 0 aliphatic carbocycles. The molecule has 1 N–H and O–H groups in total. The maximum atomic E-state index is 13.4. The van der Waals surface area contributed by atoms with Crippen molar-refractivity contribution in [2.45, 2.75) is 64.2 Å². The number of rotatable bonds is 9. The summed E-state index contributed by atoms with van der Waals surface area (Å²) in [5, 5.41) is 2.97. The number of hydrogen-bond acceptors (Lipinski definition) is 3. The van der Waals surface area contributed by atoms with Crippen LogP contribution in [-0.4, -0.2) is 27.4 Å². The van der Waals surface area contributed by atoms with Crippen LogP contribution in [0.3, 0.4) is 0 Å². The molecule has 31 heavy (non-hydrogen) atoms. The van der Waals surface area contributed by atoms with E-state index in [-0.39, 0.29) is 17.3 Å². The van der Waals surface area contributed by atoms with Gasteiger partial charge in [0.1, 0.15) is 6.54 Å². The Morgan fingerprint density at radius 2 is 1.81 bits per heavy atom. The van der Waals surface area contributed by atoms with Crippen LogP contribution in [0, 0.1) is 5.92 Å². The smallest absolute Gasteiger partial charge is 0.265 e. The average molecular weight is 443 g/mol. The van der Waals surface area contributed by atoms with Gasteiger partial charge in [-0.25, -0.2) is 8.42 Å². The molecule has 0 saturated carbocycles. The first-order chi connectivity index (χ1) is 14.8. The number of amides is 1. The standard InChI is InChI=1S/C25H34N2O3S/c1-5-7-10-19(6-2)16-26-25(28)17-27-23-14-13-20(18(3)4)15-22(23)21-11-8-9-12-24(21)31(27,29)30/h8-9,11-15,18-19H,5-7,10,16-17H2,1-4H3,(H,26,28). The van der Waals surface area contributed by atoms with Crippen molar-refractivity contribution in [2.24, 2.45) is 5.92 Å². The van der Waals surface area contributed by atoms with Gasteiger partial charge >= 0.3 is 0 Å². The minimum atomic E-state index is -3.81. The van der Waals surface area contributed by atoms with Crippen LogP contribution in [0.1, 0.15) is 64.9 Å². The first-order valence-corrected chi connectivity index (χ1v) is 12.8. The third-order valence-corrected chi connectivity index (χ3v) is 7.94. The van der Waals surface area contributed by atoms with Crippen LogP contribution >= 0.6 is 0 Å². The highest BCUT2D eigenvalue weighted by Crippen LogP contribution is 2.43. The lowest BCUT2D eigenvalue weighted by Crippen LogP contribution is -2.43. The number of unbranched alkanes of at least 4 members (excludes halogenated alkanes) is 1. The van der Waals surface area contributed by atoms with Crippen molar-refractivity contribution >= 4 is 21.6 Å². The van der Waals surface area contributed by atoms with Crippen LogP contribution in [0.15, 0.2) is 47.4 Å². The second kappa shape index (κ2) is 9.86. The largest absolute Gasteiger partial charge is 0.354 e. The number of nitrogens with zero attached hydrogens (tertiary/aromatic N) is 1. The van der Waals surface area contributed by atoms with Crippen LogP contribution < -0.4 is 9.62 Å². The summed E-state index contributed by atoms with van der Waals surface area (Å²) < 4.78 is 28.1. The molecule has 1 aliphatic heterocycles. The van der Waals surface area contributed by atoms with E-state index in [2.05, 4.69) is 39.1 Å². The molecule has 6 heteroatoms. The Morgan fingerprint density at radius 1 is 1.06 bits per heavy atom. The predicted octanol–water partition coefficient (Wildman–Crippen LogP) is 5.32. The van der Waals surface area contributed by atoms with E-state index < -0.39 is 10.0 Å². The van der Waals surface area contributed by atoms with Gasteiger partial charge in [-0.05, 0) is 42.0 Å². The molecule has 0 spiro atoms. The molecular weight excluding hydrogens is 408 g/mol. The van der Waals surface area contributed by atoms with E-state index in [1.165, 1.54) is 4.31 Å². The van der Waals surface area contributed by atoms with Gasteiger partial charge in [0, 0.05) is 17.7 Å². The molecule has 2 aromatic carbocycles. The first-order valence-electron chi connectivity index (χ1n) is 11.3. The van der Waals surface area contributed by atoms with E-state index in [1.807, 2.05) is 24.3 Å². The highest BCUT2D eigenvalue weighted by Gasteiger charge is 2.36. The summed E-state index contributed by atoms with van der Waals surface area (Å²) in [6, 6.07) is 12.9. The third kappa shape index (κ3) is 4.95. The summed E-state index contributed by atoms with van der Waals surface area (Å²) in [7, 11) is -3.81. The van der Waals surface area contributed by atoms with Crippen molar-refractivity contribution < 1.29 is 13.2 Å². The lowest BCUT2D eigenvalue weighted by atomic mass is 9.95. The fraction of sp³-hybridized carbons (Fsp3) is 0.480. The van der Waals surface area contributed by atoms with Crippen LogP contribution in [-0.2, 0) is 14.8 Å². The van der Waals surface area contributed by atoms with Gasteiger partial charge in [-0.3, -0.25) is 9.10 Å². The fourth-order valence-electron chi connectivity index (χ4n) is 4.07. The second-order valence-electron chi connectivity index (χ2n) is 8.66. The zero-order valence-corrected chi connectivity index (χ0v) is 19.8. The summed E-state index contributed by atoms with van der Waals surface area (Å²) in [5.41, 5.74) is 3.26. The molecule has 1 unspecified atom stereocenters. The summed E-state index contributed by atoms with van der Waals surface area (Å²) in [6.07, 6.45) is 4.34. The first kappa shape index (κ1) is 23.3. The molecule has 1 aliphatic rings. The van der Waals surface area contributed by atoms with Crippen molar-refractivity contribution in [3.63, 3.8) is 0 Å². The number of fused-ring (bicyclic) bond motifs is 3. The Kier molecular flexibility index (Phi) is 7.42. The van der Waals surface area contributed by atoms with E-state index >= 15 is 0 Å². The zero-order chi connectivity index (χ0) is 22.6. The van der Waals surface area contributed by atoms with Gasteiger partial charge in [0.05, 0.1) is 10.6 Å². The van der Waals surface area contributed by atoms with E-state index in [0.717, 1.165) is 36.8 Å². The molecule has 0 bridgehead atoms. The predicted molar refractivity (Wildman–Crippen MR) is 127 cm³/mol. The highest BCUT2D eigenvalue weighted by atomic mass is 32.2. The fourth-order valence-corrected chi connectivity index (χ4v) is 5.72. The van der Waals surface area contributed by atoms with Gasteiger partial charge in [-0.2, -0.15) is 0 Å². The lowest BCUT2D eigenvalue weighted by Gasteiger charge is -2.32. The Morgan fingerprint density at radius 3 is 2.48 bits per heavy atom. The Labute approximate surface area is 186 Å². The van der Waals surface area contributed by atoms with Gasteiger partial charge < -0.3 is 5.32 Å². The van der Waals surface area contributed by atoms with Crippen molar-refractivity contribution in [2.75, 3.05) is 17.4 Å². The summed E-state index contributed by atoms with van der Waals surface area (Å²) in [4.78, 5) is 13.0. The van der Waals surface area contributed by atoms with Crippen molar-refractivity contribution in [1.29, 1.82) is 0 Å². The van der Waals surface area contributed by atoms with Gasteiger partial charge in [-0.1, -0.05) is 71.2 Å². The quantitative estimate of drug-likeness (QED) is 0.572. The summed E-state index contributed by atoms with van der Waals surface area (Å²) >= 11 is 0. The number of carbonyl (C=O) groups excluding carboxylic acids is 1. The number of benzene rings is 2. The van der Waals surface area contributed by atoms with Gasteiger partial charge in [-0.15, -0.1) is 0 Å². The Hall–Kier alpha value is -2.34. The average Bonchev–Trinajstić information content (AvgIpc) is 2.76. The molecule has 0 fully saturated rings. The van der Waals surface area contributed by atoms with Crippen LogP contribution in [0.5, 0.6) is 0 Å². The normalized spacial score (nSPS) is 15.3. The summed E-state index contributed by atoms with van der Waals surface area (Å²) in [5.74, 6) is 0.474. The topological polar surface area (TPSA) is 66.5 Å². The maximum absolute atomic E-state index is 13.4. The van der Waals surface area contributed by atoms with Crippen molar-refractivity contribution in [1.82, 2.24) is 5.32 Å². The minimum absolute atomic E-state index is 0.213. The lowest BCUT2D eigenvalue weighted by molar-refractivity contribution is -0.119. The number of sulfonamides is 1. The number of hydrogen-bond donors (Lipinski definition) is 1. The second-order valence-corrected chi connectivity index (χ2v) is 10.5. The van der Waals surface area contributed by atoms with Gasteiger partial charge in [0.15, 0.2) is 0 Å². The van der Waals surface area contributed by atoms with Crippen molar-refractivity contribution in [3.8, 4) is 11.1 Å². The molecule has 1 heterocycles. The van der Waals surface area contributed by atoms with E-state index in [4.69, 9.17) is 0 Å². The number of nitrogens with one attached hydrogen (secondary N) is 1. The number of anilines is 1. The van der Waals surface area contributed by atoms with Gasteiger partial charge in [0.2, 0.25) is 5.91 Å². The van der Waals surface area contributed by atoms with E-state index in [0.29, 0.717) is 29.6 Å². The molecule has 0 radical (unpaired) electrons. The van der Waals surface area contributed by atoms with Crippen molar-refractivity contribution in [3.05, 3.63) is 48.0 Å². The monoisotopic (exact) mass is 442 g/mol. The molecule has 1 amide bonds. The molecule has 168 valence electrons. The Bertz CT molecular complexity index is 1030. The van der Waals surface area contributed by atoms with Crippen LogP contribution in [0.4, 0.5) is 5.69 Å². The van der Waals surface area contributed by atoms with Crippen LogP contribution in [0.25, 0.3) is 11.1 Å². The molecule has 2 aromatic rings. The SMILES string of the molecule is CCCCC(CC)CNC(=O)CN1c2ccc(C(C)C)cc2-c2ccccc2S1(=O)=O. The molecule has 5 nitrogen and oxygen atoms in total. The van der Waals surface area contributed by atoms with E-state index in [9.17, 15) is 13.2 Å². The van der Waals surface area contributed by atoms with Crippen LogP contribution in [0.2, 0.25) is 0 Å². The zero-order valence-electron chi connectivity index (χ0n) is 19.0. The molecule has 1 atom stereocenters. The molecular formula is C25H34N2O3S. The molecule has 0 saturated heterocycles. The van der Waals surface area contributed by atoms with Gasteiger partial charge in [0.25, 0.3) is 10.0 Å². The number of carbonyl (C=O) groups is 1. The maximum Gasteiger partial charge on any atom is 0.265 e. The molecule has 3 rings (SSSR count). The highest BCUT2D eigenvalue weighted by molar-refractivity contribution is 7.93. The molecule has 0 aromatic heterocycles. The van der Waals surface area contributed by atoms with E-state index in [1.54, 1.807) is 12.1 Å². The minimum Gasteiger partial charge on any atom is -0.354 e. The third-order valence-electron chi connectivity index (χ3n) is 6.12.